The number of phenols is 1. The van der Waals surface area contributed by atoms with E-state index in [2.05, 4.69) is 26.4 Å². The number of carbonyl (C=O) groups excluding carboxylic acids is 1. The van der Waals surface area contributed by atoms with Gasteiger partial charge in [-0.3, -0.25) is 10.1 Å². The van der Waals surface area contributed by atoms with Crippen LogP contribution in [-0.4, -0.2) is 27.3 Å². The third-order valence-corrected chi connectivity index (χ3v) is 5.31. The van der Waals surface area contributed by atoms with Gasteiger partial charge in [-0.05, 0) is 37.8 Å². The normalized spacial score (nSPS) is 20.3. The van der Waals surface area contributed by atoms with Crippen LogP contribution in [0.25, 0.3) is 0 Å². The van der Waals surface area contributed by atoms with E-state index in [4.69, 9.17) is 0 Å². The SMILES string of the molecule is CCc1nnc(NC(=O)C2CC(c3ccc(C)c(C)c3O)NN2)s1. The van der Waals surface area contributed by atoms with Crippen LogP contribution < -0.4 is 16.2 Å². The molecule has 1 aliphatic heterocycles. The number of nitrogens with zero attached hydrogens (tertiary/aromatic N) is 2. The number of hydrogen-bond donors (Lipinski definition) is 4. The van der Waals surface area contributed by atoms with Crippen LogP contribution in [0.4, 0.5) is 5.13 Å². The van der Waals surface area contributed by atoms with Crippen LogP contribution in [0.5, 0.6) is 5.75 Å². The van der Waals surface area contributed by atoms with Crippen molar-refractivity contribution in [3.05, 3.63) is 33.8 Å². The second-order valence-corrected chi connectivity index (χ2v) is 6.98. The number of amides is 1. The molecule has 1 saturated heterocycles. The Morgan fingerprint density at radius 1 is 1.38 bits per heavy atom. The van der Waals surface area contributed by atoms with Crippen LogP contribution in [0.1, 0.15) is 41.1 Å². The molecule has 128 valence electrons. The van der Waals surface area contributed by atoms with E-state index in [-0.39, 0.29) is 17.7 Å². The molecule has 0 saturated carbocycles. The fourth-order valence-electron chi connectivity index (χ4n) is 2.67. The summed E-state index contributed by atoms with van der Waals surface area (Å²) in [5.41, 5.74) is 8.78. The van der Waals surface area contributed by atoms with Gasteiger partial charge in [0, 0.05) is 5.56 Å². The van der Waals surface area contributed by atoms with E-state index in [9.17, 15) is 9.90 Å². The molecule has 1 fully saturated rings. The van der Waals surface area contributed by atoms with Crippen LogP contribution in [0.15, 0.2) is 12.1 Å². The number of hydrazine groups is 1. The van der Waals surface area contributed by atoms with Crippen molar-refractivity contribution in [1.82, 2.24) is 21.0 Å². The minimum absolute atomic E-state index is 0.124. The Labute approximate surface area is 144 Å². The summed E-state index contributed by atoms with van der Waals surface area (Å²) in [6.07, 6.45) is 1.34. The first-order valence-electron chi connectivity index (χ1n) is 7.93. The summed E-state index contributed by atoms with van der Waals surface area (Å²) in [5, 5.41) is 22.5. The number of benzene rings is 1. The Balaban J connectivity index is 1.66. The molecular weight excluding hydrogens is 326 g/mol. The molecule has 4 N–H and O–H groups in total. The number of aromatic hydroxyl groups is 1. The lowest BCUT2D eigenvalue weighted by molar-refractivity contribution is -0.117. The van der Waals surface area contributed by atoms with Crippen LogP contribution >= 0.6 is 11.3 Å². The number of anilines is 1. The highest BCUT2D eigenvalue weighted by molar-refractivity contribution is 7.15. The van der Waals surface area contributed by atoms with Gasteiger partial charge in [-0.2, -0.15) is 0 Å². The smallest absolute Gasteiger partial charge is 0.244 e. The van der Waals surface area contributed by atoms with Gasteiger partial charge in [-0.25, -0.2) is 10.9 Å². The highest BCUT2D eigenvalue weighted by Gasteiger charge is 2.32. The van der Waals surface area contributed by atoms with Gasteiger partial charge in [-0.1, -0.05) is 30.4 Å². The van der Waals surface area contributed by atoms with E-state index in [1.165, 1.54) is 11.3 Å². The molecular formula is C16H21N5O2S. The maximum absolute atomic E-state index is 12.4. The number of phenolic OH excluding ortho intramolecular Hbond substituents is 1. The maximum Gasteiger partial charge on any atom is 0.244 e. The molecule has 1 aromatic carbocycles. The topological polar surface area (TPSA) is 99.2 Å². The van der Waals surface area contributed by atoms with Crippen LogP contribution in [-0.2, 0) is 11.2 Å². The number of aromatic nitrogens is 2. The van der Waals surface area contributed by atoms with Crippen molar-refractivity contribution in [2.24, 2.45) is 0 Å². The van der Waals surface area contributed by atoms with Gasteiger partial charge in [0.2, 0.25) is 11.0 Å². The van der Waals surface area contributed by atoms with E-state index >= 15 is 0 Å². The fraction of sp³-hybridized carbons (Fsp3) is 0.438. The fourth-order valence-corrected chi connectivity index (χ4v) is 3.36. The number of rotatable bonds is 4. The molecule has 8 heteroatoms. The van der Waals surface area contributed by atoms with E-state index < -0.39 is 6.04 Å². The first-order valence-corrected chi connectivity index (χ1v) is 8.74. The van der Waals surface area contributed by atoms with Gasteiger partial charge in [0.05, 0.1) is 6.04 Å². The number of carbonyl (C=O) groups is 1. The predicted octanol–water partition coefficient (Wildman–Crippen LogP) is 1.97. The third kappa shape index (κ3) is 3.26. The minimum Gasteiger partial charge on any atom is -0.507 e. The van der Waals surface area contributed by atoms with Gasteiger partial charge in [0.25, 0.3) is 0 Å². The van der Waals surface area contributed by atoms with Crippen molar-refractivity contribution >= 4 is 22.4 Å². The van der Waals surface area contributed by atoms with Crippen molar-refractivity contribution in [2.45, 2.75) is 45.7 Å². The first kappa shape index (κ1) is 16.8. The molecule has 0 radical (unpaired) electrons. The summed E-state index contributed by atoms with van der Waals surface area (Å²) in [6, 6.07) is 3.35. The quantitative estimate of drug-likeness (QED) is 0.675. The van der Waals surface area contributed by atoms with Gasteiger partial charge in [-0.15, -0.1) is 10.2 Å². The second kappa shape index (κ2) is 6.84. The third-order valence-electron chi connectivity index (χ3n) is 4.33. The number of nitrogens with one attached hydrogen (secondary N) is 3. The summed E-state index contributed by atoms with van der Waals surface area (Å²) in [7, 11) is 0. The molecule has 1 aromatic heterocycles. The van der Waals surface area contributed by atoms with Crippen LogP contribution in [0, 0.1) is 13.8 Å². The van der Waals surface area contributed by atoms with Gasteiger partial charge in [0.1, 0.15) is 16.8 Å². The van der Waals surface area contributed by atoms with Gasteiger partial charge >= 0.3 is 0 Å². The zero-order valence-corrected chi connectivity index (χ0v) is 14.7. The van der Waals surface area contributed by atoms with Crippen molar-refractivity contribution in [3.63, 3.8) is 0 Å². The van der Waals surface area contributed by atoms with Crippen LogP contribution in [0.2, 0.25) is 0 Å². The zero-order chi connectivity index (χ0) is 17.3. The lowest BCUT2D eigenvalue weighted by atomic mass is 9.96. The number of aryl methyl sites for hydroxylation is 2. The highest BCUT2D eigenvalue weighted by Crippen LogP contribution is 2.33. The molecule has 0 spiro atoms. The summed E-state index contributed by atoms with van der Waals surface area (Å²) in [5.74, 6) is 0.124. The van der Waals surface area contributed by atoms with Crippen molar-refractivity contribution < 1.29 is 9.90 Å². The van der Waals surface area contributed by atoms with E-state index in [0.29, 0.717) is 11.6 Å². The molecule has 1 amide bonds. The lowest BCUT2D eigenvalue weighted by Gasteiger charge is -2.14. The molecule has 2 unspecified atom stereocenters. The van der Waals surface area contributed by atoms with E-state index in [1.54, 1.807) is 0 Å². The van der Waals surface area contributed by atoms with Crippen LogP contribution in [0.3, 0.4) is 0 Å². The van der Waals surface area contributed by atoms with Gasteiger partial charge < -0.3 is 5.11 Å². The molecule has 0 aliphatic carbocycles. The first-order chi connectivity index (χ1) is 11.5. The highest BCUT2D eigenvalue weighted by atomic mass is 32.1. The summed E-state index contributed by atoms with van der Waals surface area (Å²) in [4.78, 5) is 12.4. The van der Waals surface area contributed by atoms with Crippen molar-refractivity contribution in [3.8, 4) is 5.75 Å². The Morgan fingerprint density at radius 2 is 2.17 bits per heavy atom. The zero-order valence-electron chi connectivity index (χ0n) is 13.9. The number of hydrogen-bond acceptors (Lipinski definition) is 7. The minimum atomic E-state index is -0.398. The molecule has 3 rings (SSSR count). The monoisotopic (exact) mass is 347 g/mol. The van der Waals surface area contributed by atoms with Gasteiger partial charge in [0.15, 0.2) is 0 Å². The summed E-state index contributed by atoms with van der Waals surface area (Å²) < 4.78 is 0. The Hall–Kier alpha value is -2.03. The average Bonchev–Trinajstić information content (AvgIpc) is 3.22. The molecule has 2 heterocycles. The summed E-state index contributed by atoms with van der Waals surface area (Å²) in [6.45, 7) is 5.85. The van der Waals surface area contributed by atoms with E-state index in [0.717, 1.165) is 28.1 Å². The van der Waals surface area contributed by atoms with Crippen molar-refractivity contribution in [1.29, 1.82) is 0 Å². The standard InChI is InChI=1S/C16H21N5O2S/c1-4-13-20-21-16(24-13)17-15(23)12-7-11(18-19-12)10-6-5-8(2)9(3)14(10)22/h5-6,11-12,18-19,22H,4,7H2,1-3H3,(H,17,21,23). The lowest BCUT2D eigenvalue weighted by Crippen LogP contribution is -2.39. The molecule has 1 aliphatic rings. The molecule has 24 heavy (non-hydrogen) atoms. The largest absolute Gasteiger partial charge is 0.507 e. The molecule has 2 atom stereocenters. The van der Waals surface area contributed by atoms with Crippen molar-refractivity contribution in [2.75, 3.05) is 5.32 Å². The maximum atomic E-state index is 12.4. The Kier molecular flexibility index (Phi) is 4.79. The molecule has 0 bridgehead atoms. The Morgan fingerprint density at radius 3 is 2.88 bits per heavy atom. The summed E-state index contributed by atoms with van der Waals surface area (Å²) >= 11 is 1.38. The Bertz CT molecular complexity index is 761. The van der Waals surface area contributed by atoms with E-state index in [1.807, 2.05) is 32.9 Å². The molecule has 2 aromatic rings. The average molecular weight is 347 g/mol. The molecule has 7 nitrogen and oxygen atoms in total. The second-order valence-electron chi connectivity index (χ2n) is 5.92. The predicted molar refractivity (Wildman–Crippen MR) is 92.9 cm³/mol.